The lowest BCUT2D eigenvalue weighted by molar-refractivity contribution is -0.128. The summed E-state index contributed by atoms with van der Waals surface area (Å²) in [5, 5.41) is 15.0. The maximum atomic E-state index is 13.3. The summed E-state index contributed by atoms with van der Waals surface area (Å²) in [5.74, 6) is -0.791. The largest absolute Gasteiger partial charge is 0.445 e. The van der Waals surface area contributed by atoms with E-state index in [1.807, 2.05) is 74.5 Å². The van der Waals surface area contributed by atoms with E-state index in [1.165, 1.54) is 0 Å². The van der Waals surface area contributed by atoms with E-state index in [0.29, 0.717) is 15.5 Å². The van der Waals surface area contributed by atoms with Gasteiger partial charge in [-0.15, -0.1) is 5.10 Å². The Hall–Kier alpha value is -3.57. The van der Waals surface area contributed by atoms with Gasteiger partial charge in [0.1, 0.15) is 18.7 Å². The van der Waals surface area contributed by atoms with E-state index in [4.69, 9.17) is 17.0 Å². The highest BCUT2D eigenvalue weighted by Gasteiger charge is 2.28. The van der Waals surface area contributed by atoms with Gasteiger partial charge in [0, 0.05) is 6.42 Å². The minimum absolute atomic E-state index is 0.0698. The third-order valence-electron chi connectivity index (χ3n) is 5.11. The van der Waals surface area contributed by atoms with Gasteiger partial charge in [0.2, 0.25) is 16.9 Å². The second-order valence-electron chi connectivity index (χ2n) is 8.55. The van der Waals surface area contributed by atoms with Crippen LogP contribution in [0.3, 0.4) is 0 Å². The number of alkyl carbamates (subject to hydrolysis) is 1. The van der Waals surface area contributed by atoms with Crippen molar-refractivity contribution in [1.29, 1.82) is 0 Å². The molecule has 0 fully saturated rings. The monoisotopic (exact) mass is 527 g/mol. The fourth-order valence-electron chi connectivity index (χ4n) is 3.42. The van der Waals surface area contributed by atoms with Crippen molar-refractivity contribution in [3.63, 3.8) is 0 Å². The first-order chi connectivity index (χ1) is 17.3. The number of aromatic amines is 1. The number of carbonyl (C=O) groups is 3. The standard InChI is InChI=1S/C25H29N5O4S2/c1-16(2)13-19(22(32)28-23-29-30-25(35)36-23)26-21(31)20(14-17-9-5-3-6-10-17)27-24(33)34-15-18-11-7-4-8-12-18/h3-12,16,19-20H,13-15H2,1-2H3,(H,26,31)(H,27,33)(H,30,35)(H,28,29,32)/t19-,20-/m0/s1. The highest BCUT2D eigenvalue weighted by atomic mass is 32.1. The van der Waals surface area contributed by atoms with Crippen LogP contribution in [0.15, 0.2) is 60.7 Å². The lowest BCUT2D eigenvalue weighted by Crippen LogP contribution is -2.53. The number of aromatic nitrogens is 2. The number of nitrogens with one attached hydrogen (secondary N) is 4. The number of rotatable bonds is 11. The number of carbonyl (C=O) groups excluding carboxylic acids is 3. The van der Waals surface area contributed by atoms with Crippen LogP contribution in [-0.2, 0) is 27.4 Å². The molecule has 0 saturated carbocycles. The van der Waals surface area contributed by atoms with Gasteiger partial charge in [0.25, 0.3) is 0 Å². The molecule has 11 heteroatoms. The molecule has 0 aliphatic rings. The molecule has 3 rings (SSSR count). The number of anilines is 1. The van der Waals surface area contributed by atoms with Crippen molar-refractivity contribution in [2.45, 2.75) is 45.4 Å². The van der Waals surface area contributed by atoms with Gasteiger partial charge in [-0.25, -0.2) is 4.79 Å². The summed E-state index contributed by atoms with van der Waals surface area (Å²) < 4.78 is 5.74. The minimum Gasteiger partial charge on any atom is -0.445 e. The Balaban J connectivity index is 1.70. The first-order valence-electron chi connectivity index (χ1n) is 11.5. The maximum absolute atomic E-state index is 13.3. The number of amides is 3. The molecule has 2 atom stereocenters. The molecule has 9 nitrogen and oxygen atoms in total. The molecule has 0 saturated heterocycles. The molecule has 36 heavy (non-hydrogen) atoms. The van der Waals surface area contributed by atoms with Gasteiger partial charge in [0.15, 0.2) is 3.95 Å². The zero-order chi connectivity index (χ0) is 25.9. The zero-order valence-corrected chi connectivity index (χ0v) is 21.7. The second-order valence-corrected chi connectivity index (χ2v) is 10.2. The summed E-state index contributed by atoms with van der Waals surface area (Å²) in [6, 6.07) is 16.8. The topological polar surface area (TPSA) is 125 Å². The number of hydrogen-bond acceptors (Lipinski definition) is 7. The summed E-state index contributed by atoms with van der Waals surface area (Å²) in [6.45, 7) is 3.97. The van der Waals surface area contributed by atoms with Crippen molar-refractivity contribution in [2.24, 2.45) is 5.92 Å². The summed E-state index contributed by atoms with van der Waals surface area (Å²) in [4.78, 5) is 38.8. The van der Waals surface area contributed by atoms with Crippen molar-refractivity contribution in [3.05, 3.63) is 75.7 Å². The smallest absolute Gasteiger partial charge is 0.408 e. The quantitative estimate of drug-likeness (QED) is 0.277. The lowest BCUT2D eigenvalue weighted by atomic mass is 10.0. The molecule has 1 heterocycles. The Bertz CT molecular complexity index is 1200. The molecule has 0 aliphatic heterocycles. The predicted molar refractivity (Wildman–Crippen MR) is 141 cm³/mol. The normalized spacial score (nSPS) is 12.4. The van der Waals surface area contributed by atoms with Gasteiger partial charge in [-0.3, -0.25) is 20.0 Å². The molecule has 2 aromatic carbocycles. The number of nitrogens with zero attached hydrogens (tertiary/aromatic N) is 1. The molecular weight excluding hydrogens is 498 g/mol. The van der Waals surface area contributed by atoms with E-state index >= 15 is 0 Å². The van der Waals surface area contributed by atoms with Gasteiger partial charge in [0.05, 0.1) is 0 Å². The molecule has 4 N–H and O–H groups in total. The van der Waals surface area contributed by atoms with Crippen LogP contribution in [0.1, 0.15) is 31.4 Å². The molecule has 0 bridgehead atoms. The Morgan fingerprint density at radius 1 is 0.944 bits per heavy atom. The summed E-state index contributed by atoms with van der Waals surface area (Å²) in [7, 11) is 0. The van der Waals surface area contributed by atoms with Crippen LogP contribution in [0.5, 0.6) is 0 Å². The van der Waals surface area contributed by atoms with Crippen LogP contribution < -0.4 is 16.0 Å². The lowest BCUT2D eigenvalue weighted by Gasteiger charge is -2.24. The van der Waals surface area contributed by atoms with E-state index in [9.17, 15) is 14.4 Å². The van der Waals surface area contributed by atoms with E-state index in [1.54, 1.807) is 0 Å². The van der Waals surface area contributed by atoms with Crippen molar-refractivity contribution < 1.29 is 19.1 Å². The molecule has 0 radical (unpaired) electrons. The molecule has 3 amide bonds. The Labute approximate surface area is 218 Å². The molecule has 3 aromatic rings. The Morgan fingerprint density at radius 3 is 2.17 bits per heavy atom. The highest BCUT2D eigenvalue weighted by Crippen LogP contribution is 2.14. The fraction of sp³-hybridized carbons (Fsp3) is 0.320. The molecule has 1 aromatic heterocycles. The molecule has 0 spiro atoms. The molecule has 190 valence electrons. The zero-order valence-electron chi connectivity index (χ0n) is 20.0. The Kier molecular flexibility index (Phi) is 10.1. The number of ether oxygens (including phenoxy) is 1. The number of H-pyrrole nitrogens is 1. The fourth-order valence-corrected chi connectivity index (χ4v) is 4.21. The number of benzene rings is 2. The average Bonchev–Trinajstić information content (AvgIpc) is 3.27. The Morgan fingerprint density at radius 2 is 1.58 bits per heavy atom. The maximum Gasteiger partial charge on any atom is 0.408 e. The predicted octanol–water partition coefficient (Wildman–Crippen LogP) is 4.21. The average molecular weight is 528 g/mol. The SMILES string of the molecule is CC(C)C[C@H](NC(=O)[C@H](Cc1ccccc1)NC(=O)OCc1ccccc1)C(=O)Nc1n[nH]c(=S)s1. The van der Waals surface area contributed by atoms with Gasteiger partial charge >= 0.3 is 6.09 Å². The molecular formula is C25H29N5O4S2. The third-order valence-corrected chi connectivity index (χ3v) is 6.12. The number of hydrogen-bond donors (Lipinski definition) is 4. The highest BCUT2D eigenvalue weighted by molar-refractivity contribution is 7.73. The van der Waals surface area contributed by atoms with Crippen molar-refractivity contribution >= 4 is 46.6 Å². The van der Waals surface area contributed by atoms with Gasteiger partial charge in [-0.2, -0.15) is 0 Å². The first kappa shape index (κ1) is 27.0. The third kappa shape index (κ3) is 8.90. The second kappa shape index (κ2) is 13.5. The van der Waals surface area contributed by atoms with E-state index in [-0.39, 0.29) is 18.9 Å². The van der Waals surface area contributed by atoms with Crippen LogP contribution in [-0.4, -0.2) is 40.2 Å². The van der Waals surface area contributed by atoms with Crippen LogP contribution in [0.2, 0.25) is 0 Å². The summed E-state index contributed by atoms with van der Waals surface area (Å²) >= 11 is 6.13. The van der Waals surface area contributed by atoms with Crippen LogP contribution in [0.25, 0.3) is 0 Å². The van der Waals surface area contributed by atoms with Crippen LogP contribution in [0, 0.1) is 9.87 Å². The van der Waals surface area contributed by atoms with Gasteiger partial charge < -0.3 is 15.4 Å². The summed E-state index contributed by atoms with van der Waals surface area (Å²) in [5.41, 5.74) is 1.68. The van der Waals surface area contributed by atoms with E-state index in [2.05, 4.69) is 26.1 Å². The van der Waals surface area contributed by atoms with E-state index < -0.39 is 30.0 Å². The van der Waals surface area contributed by atoms with E-state index in [0.717, 1.165) is 22.5 Å². The van der Waals surface area contributed by atoms with Crippen molar-refractivity contribution in [3.8, 4) is 0 Å². The molecule has 0 aliphatic carbocycles. The van der Waals surface area contributed by atoms with Gasteiger partial charge in [-0.05, 0) is 35.7 Å². The minimum atomic E-state index is -0.953. The molecule has 0 unspecified atom stereocenters. The van der Waals surface area contributed by atoms with Gasteiger partial charge in [-0.1, -0.05) is 85.8 Å². The van der Waals surface area contributed by atoms with Crippen LogP contribution >= 0.6 is 23.6 Å². The summed E-state index contributed by atoms with van der Waals surface area (Å²) in [6.07, 6.45) is -0.107. The van der Waals surface area contributed by atoms with Crippen molar-refractivity contribution in [1.82, 2.24) is 20.8 Å². The van der Waals surface area contributed by atoms with Crippen LogP contribution in [0.4, 0.5) is 9.93 Å². The van der Waals surface area contributed by atoms with Crippen molar-refractivity contribution in [2.75, 3.05) is 5.32 Å². The first-order valence-corrected chi connectivity index (χ1v) is 12.7.